The van der Waals surface area contributed by atoms with Gasteiger partial charge < -0.3 is 8.85 Å². The summed E-state index contributed by atoms with van der Waals surface area (Å²) in [4.78, 5) is 0. The Bertz CT molecular complexity index is 507. The van der Waals surface area contributed by atoms with Crippen LogP contribution in [0.15, 0.2) is 0 Å². The molecule has 0 fully saturated rings. The van der Waals surface area contributed by atoms with E-state index in [0.29, 0.717) is 6.61 Å². The molecule has 0 aliphatic rings. The summed E-state index contributed by atoms with van der Waals surface area (Å²) in [5, 5.41) is 0. The zero-order chi connectivity index (χ0) is 23.4. The van der Waals surface area contributed by atoms with Crippen molar-refractivity contribution >= 4 is 10.0 Å². The van der Waals surface area contributed by atoms with Crippen LogP contribution in [0, 0.1) is 0 Å². The molecule has 0 radical (unpaired) electrons. The Labute approximate surface area is 158 Å². The fourth-order valence-electron chi connectivity index (χ4n) is 1.89. The molecule has 0 rings (SSSR count). The largest absolute Gasteiger partial charge is 0.460 e. The van der Waals surface area contributed by atoms with Crippen molar-refractivity contribution in [2.24, 2.45) is 0 Å². The van der Waals surface area contributed by atoms with Crippen LogP contribution in [0.2, 0.25) is 0 Å². The lowest BCUT2D eigenvalue weighted by Crippen LogP contribution is -2.70. The van der Waals surface area contributed by atoms with Crippen molar-refractivity contribution < 1.29 is 65.9 Å². The van der Waals surface area contributed by atoms with Crippen molar-refractivity contribution in [3.63, 3.8) is 0 Å². The fraction of sp³-hybridized carbons (Fsp3) is 1.00. The maximum atomic E-state index is 13.5. The number of hydrogen-bond acceptors (Lipinski definition) is 2. The Morgan fingerprint density at radius 2 is 1.07 bits per heavy atom. The van der Waals surface area contributed by atoms with Crippen molar-refractivity contribution in [1.29, 1.82) is 0 Å². The van der Waals surface area contributed by atoms with Gasteiger partial charge >= 0.3 is 45.8 Å². The van der Waals surface area contributed by atoms with Crippen molar-refractivity contribution in [1.82, 2.24) is 0 Å². The second-order valence-corrected chi connectivity index (χ2v) is 6.88. The van der Waals surface area contributed by atoms with Gasteiger partial charge in [-0.25, -0.2) is 0 Å². The van der Waals surface area contributed by atoms with Gasteiger partial charge in [0.15, 0.2) is 0 Å². The molecule has 0 aromatic carbocycles. The van der Waals surface area contributed by atoms with Crippen LogP contribution in [-0.4, -0.2) is 59.0 Å². The SMILES string of the molecule is CCO[SiH2]OCCCCCC(F)(F)C(F)(F)C(F)(F)C(F)(F)C(F)(F)C(F)(F)F. The van der Waals surface area contributed by atoms with Crippen LogP contribution in [-0.2, 0) is 8.85 Å². The van der Waals surface area contributed by atoms with E-state index >= 15 is 0 Å². The first kappa shape index (κ1) is 28.2. The molecule has 16 heteroatoms. The topological polar surface area (TPSA) is 18.5 Å². The third kappa shape index (κ3) is 5.68. The highest BCUT2D eigenvalue weighted by Gasteiger charge is 2.90. The quantitative estimate of drug-likeness (QED) is 0.201. The Balaban J connectivity index is 5.21. The molecule has 0 atom stereocenters. The van der Waals surface area contributed by atoms with Crippen LogP contribution >= 0.6 is 0 Å². The molecule has 29 heavy (non-hydrogen) atoms. The molecule has 0 aliphatic carbocycles. The molecule has 0 saturated carbocycles. The minimum absolute atomic E-state index is 0.0274. The van der Waals surface area contributed by atoms with Crippen LogP contribution in [0.25, 0.3) is 0 Å². The van der Waals surface area contributed by atoms with E-state index in [1.807, 2.05) is 0 Å². The van der Waals surface area contributed by atoms with Gasteiger partial charge in [0.1, 0.15) is 0 Å². The van der Waals surface area contributed by atoms with Gasteiger partial charge in [-0.15, -0.1) is 0 Å². The van der Waals surface area contributed by atoms with Gasteiger partial charge in [-0.05, 0) is 19.8 Å². The first-order valence-electron chi connectivity index (χ1n) is 7.92. The highest BCUT2D eigenvalue weighted by atomic mass is 28.3. The predicted molar refractivity (Wildman–Crippen MR) is 75.4 cm³/mol. The molecule has 0 aliphatic heterocycles. The van der Waals surface area contributed by atoms with E-state index in [1.165, 1.54) is 0 Å². The lowest BCUT2D eigenvalue weighted by molar-refractivity contribution is -0.440. The third-order valence-corrected chi connectivity index (χ3v) is 4.68. The molecule has 0 aromatic heterocycles. The van der Waals surface area contributed by atoms with E-state index in [-0.39, 0.29) is 19.4 Å². The van der Waals surface area contributed by atoms with Crippen molar-refractivity contribution in [3.05, 3.63) is 0 Å². The van der Waals surface area contributed by atoms with Crippen LogP contribution in [0.1, 0.15) is 32.6 Å². The van der Waals surface area contributed by atoms with Crippen LogP contribution < -0.4 is 0 Å². The van der Waals surface area contributed by atoms with Crippen LogP contribution in [0.5, 0.6) is 0 Å². The lowest BCUT2D eigenvalue weighted by atomic mass is 9.91. The van der Waals surface area contributed by atoms with Crippen molar-refractivity contribution in [3.8, 4) is 0 Å². The highest BCUT2D eigenvalue weighted by molar-refractivity contribution is 6.17. The van der Waals surface area contributed by atoms with E-state index in [1.54, 1.807) is 6.92 Å². The van der Waals surface area contributed by atoms with Gasteiger partial charge in [-0.3, -0.25) is 0 Å². The second kappa shape index (κ2) is 9.57. The summed E-state index contributed by atoms with van der Waals surface area (Å²) in [7, 11) is -1.35. The second-order valence-electron chi connectivity index (χ2n) is 5.83. The van der Waals surface area contributed by atoms with Gasteiger partial charge in [-0.2, -0.15) is 57.1 Å². The molecular weight excluding hydrogens is 463 g/mol. The Morgan fingerprint density at radius 3 is 1.52 bits per heavy atom. The third-order valence-electron chi connectivity index (χ3n) is 3.65. The number of unbranched alkanes of at least 4 members (excludes halogenated alkanes) is 2. The van der Waals surface area contributed by atoms with Crippen LogP contribution in [0.4, 0.5) is 57.1 Å². The molecule has 0 aromatic rings. The number of rotatable bonds is 13. The minimum atomic E-state index is -7.84. The van der Waals surface area contributed by atoms with Crippen molar-refractivity contribution in [2.75, 3.05) is 13.2 Å². The monoisotopic (exact) mass is 480 g/mol. The summed E-state index contributed by atoms with van der Waals surface area (Å²) < 4.78 is 177. The average Bonchev–Trinajstić information content (AvgIpc) is 2.55. The normalized spacial score (nSPS) is 15.5. The van der Waals surface area contributed by atoms with E-state index in [9.17, 15) is 57.1 Å². The zero-order valence-corrected chi connectivity index (χ0v) is 16.1. The van der Waals surface area contributed by atoms with E-state index < -0.39 is 58.6 Å². The van der Waals surface area contributed by atoms with E-state index in [4.69, 9.17) is 8.85 Å². The molecular formula is C13H17F13O2Si. The standard InChI is InChI=1S/C13H17F13O2Si/c1-2-27-29-28-7-5-3-4-6-8(14,15)9(16,17)10(18,19)11(20,21)12(22,23)13(24,25)26/h2-7,29H2,1H3. The van der Waals surface area contributed by atoms with Gasteiger partial charge in [-0.1, -0.05) is 6.42 Å². The Morgan fingerprint density at radius 1 is 0.586 bits per heavy atom. The summed E-state index contributed by atoms with van der Waals surface area (Å²) >= 11 is 0. The molecule has 0 unspecified atom stereocenters. The molecule has 2 nitrogen and oxygen atoms in total. The van der Waals surface area contributed by atoms with Gasteiger partial charge in [0.2, 0.25) is 0 Å². The summed E-state index contributed by atoms with van der Waals surface area (Å²) in [5.41, 5.74) is 0. The summed E-state index contributed by atoms with van der Waals surface area (Å²) in [6, 6.07) is 0. The molecule has 0 amide bonds. The molecule has 0 bridgehead atoms. The lowest BCUT2D eigenvalue weighted by Gasteiger charge is -2.39. The maximum absolute atomic E-state index is 13.5. The minimum Gasteiger partial charge on any atom is -0.399 e. The first-order chi connectivity index (χ1) is 12.8. The predicted octanol–water partition coefficient (Wildman–Crippen LogP) is 5.34. The summed E-state index contributed by atoms with van der Waals surface area (Å²) in [6.45, 7) is 1.95. The first-order valence-corrected chi connectivity index (χ1v) is 9.08. The maximum Gasteiger partial charge on any atom is 0.460 e. The molecule has 0 heterocycles. The molecule has 0 saturated heterocycles. The number of alkyl halides is 13. The Hall–Kier alpha value is -0.773. The zero-order valence-electron chi connectivity index (χ0n) is 14.7. The van der Waals surface area contributed by atoms with Gasteiger partial charge in [0, 0.05) is 19.6 Å². The molecule has 0 spiro atoms. The summed E-state index contributed by atoms with van der Waals surface area (Å²) in [6.07, 6.45) is -10.9. The molecule has 176 valence electrons. The van der Waals surface area contributed by atoms with Gasteiger partial charge in [0.05, 0.1) is 0 Å². The summed E-state index contributed by atoms with van der Waals surface area (Å²) in [5.74, 6) is -36.4. The Kier molecular flexibility index (Phi) is 9.32. The highest BCUT2D eigenvalue weighted by Crippen LogP contribution is 2.60. The molecule has 0 N–H and O–H groups in total. The van der Waals surface area contributed by atoms with Crippen molar-refractivity contribution in [2.45, 2.75) is 68.4 Å². The average molecular weight is 480 g/mol. The fourth-order valence-corrected chi connectivity index (χ4v) is 2.49. The van der Waals surface area contributed by atoms with E-state index in [2.05, 4.69) is 0 Å². The van der Waals surface area contributed by atoms with E-state index in [0.717, 1.165) is 0 Å². The number of hydrogen-bond donors (Lipinski definition) is 0. The van der Waals surface area contributed by atoms with Crippen LogP contribution in [0.3, 0.4) is 0 Å². The number of halogens is 13. The smallest absolute Gasteiger partial charge is 0.399 e. The van der Waals surface area contributed by atoms with Gasteiger partial charge in [0.25, 0.3) is 0 Å².